The number of carbonyl (C=O) groups excluding carboxylic acids is 2. The molecule has 0 radical (unpaired) electrons. The van der Waals surface area contributed by atoms with Gasteiger partial charge in [-0.25, -0.2) is 9.99 Å². The number of aromatic nitrogens is 2. The van der Waals surface area contributed by atoms with E-state index in [1.54, 1.807) is 34.1 Å². The zero-order chi connectivity index (χ0) is 22.8. The molecule has 5 heterocycles. The molecule has 0 fully saturated rings. The Bertz CT molecular complexity index is 1370. The van der Waals surface area contributed by atoms with Crippen LogP contribution < -0.4 is 5.56 Å². The van der Waals surface area contributed by atoms with Gasteiger partial charge in [-0.3, -0.25) is 19.0 Å². The fourth-order valence-electron chi connectivity index (χ4n) is 3.58. The van der Waals surface area contributed by atoms with Crippen molar-refractivity contribution in [1.29, 1.82) is 0 Å². The quantitative estimate of drug-likeness (QED) is 0.360. The molecule has 1 amide bonds. The maximum absolute atomic E-state index is 12.9. The molecule has 0 N–H and O–H groups in total. The average molecular weight is 499 g/mol. The lowest BCUT2D eigenvalue weighted by molar-refractivity contribution is -0.153. The van der Waals surface area contributed by atoms with Gasteiger partial charge >= 0.3 is 5.97 Å². The first-order valence-electron chi connectivity index (χ1n) is 10.2. The third kappa shape index (κ3) is 4.52. The fourth-order valence-corrected chi connectivity index (χ4v) is 5.84. The Hall–Kier alpha value is -3.15. The summed E-state index contributed by atoms with van der Waals surface area (Å²) >= 11 is 4.53. The molecule has 0 bridgehead atoms. The summed E-state index contributed by atoms with van der Waals surface area (Å²) in [6.45, 7) is -0.272. The molecule has 11 heteroatoms. The standard InChI is InChI=1S/C22H18N4O4S3/c27-19(12-30-20(28)5-7-25-13-23-21-14(22(25)29)6-10-33-21)26-16(18-4-2-9-32-18)11-15(24-26)17-3-1-8-31-17/h1-4,6,8-10,13,16H,5,7,11-12H2. The molecule has 1 aliphatic rings. The highest BCUT2D eigenvalue weighted by Gasteiger charge is 2.34. The van der Waals surface area contributed by atoms with E-state index in [9.17, 15) is 14.4 Å². The molecule has 0 aliphatic carbocycles. The van der Waals surface area contributed by atoms with Gasteiger partial charge in [0, 0.05) is 17.8 Å². The number of fused-ring (bicyclic) bond motifs is 1. The minimum atomic E-state index is -0.560. The molecule has 4 aromatic heterocycles. The summed E-state index contributed by atoms with van der Waals surface area (Å²) < 4.78 is 6.59. The van der Waals surface area contributed by atoms with Crippen LogP contribution in [0.25, 0.3) is 10.2 Å². The van der Waals surface area contributed by atoms with Crippen LogP contribution in [-0.2, 0) is 20.9 Å². The van der Waals surface area contributed by atoms with Crippen molar-refractivity contribution in [2.24, 2.45) is 5.10 Å². The third-order valence-corrected chi connectivity index (χ3v) is 7.92. The Morgan fingerprint density at radius 2 is 1.94 bits per heavy atom. The highest BCUT2D eigenvalue weighted by Crippen LogP contribution is 2.35. The summed E-state index contributed by atoms with van der Waals surface area (Å²) in [5.74, 6) is -0.943. The number of hydrogen-bond donors (Lipinski definition) is 0. The minimum absolute atomic E-state index is 0.0391. The van der Waals surface area contributed by atoms with Crippen molar-refractivity contribution >= 4 is 61.8 Å². The normalized spacial score (nSPS) is 15.7. The van der Waals surface area contributed by atoms with E-state index in [0.29, 0.717) is 16.6 Å². The Labute approximate surface area is 200 Å². The van der Waals surface area contributed by atoms with E-state index < -0.39 is 12.6 Å². The number of aryl methyl sites for hydroxylation is 1. The Kier molecular flexibility index (Phi) is 6.16. The summed E-state index contributed by atoms with van der Waals surface area (Å²) in [6.07, 6.45) is 2.00. The number of hydrogen-bond acceptors (Lipinski definition) is 9. The maximum atomic E-state index is 12.9. The lowest BCUT2D eigenvalue weighted by Crippen LogP contribution is -2.31. The molecule has 168 valence electrons. The molecule has 0 aromatic carbocycles. The van der Waals surface area contributed by atoms with Crippen LogP contribution in [-0.4, -0.2) is 38.8 Å². The first-order valence-corrected chi connectivity index (χ1v) is 12.8. The van der Waals surface area contributed by atoms with Gasteiger partial charge in [0.15, 0.2) is 6.61 Å². The second-order valence-electron chi connectivity index (χ2n) is 7.29. The van der Waals surface area contributed by atoms with E-state index in [0.717, 1.165) is 15.5 Å². The molecule has 0 saturated heterocycles. The average Bonchev–Trinajstić information content (AvgIpc) is 3.62. The lowest BCUT2D eigenvalue weighted by Gasteiger charge is -2.20. The van der Waals surface area contributed by atoms with Crippen molar-refractivity contribution in [3.05, 3.63) is 72.9 Å². The van der Waals surface area contributed by atoms with Gasteiger partial charge in [-0.15, -0.1) is 34.0 Å². The highest BCUT2D eigenvalue weighted by atomic mass is 32.1. The monoisotopic (exact) mass is 498 g/mol. The number of esters is 1. The molecule has 0 spiro atoms. The fraction of sp³-hybridized carbons (Fsp3) is 0.227. The first-order chi connectivity index (χ1) is 16.1. The van der Waals surface area contributed by atoms with Crippen LogP contribution in [0.15, 0.2) is 62.7 Å². The predicted octanol–water partition coefficient (Wildman–Crippen LogP) is 3.89. The minimum Gasteiger partial charge on any atom is -0.455 e. The van der Waals surface area contributed by atoms with Crippen LogP contribution in [0.5, 0.6) is 0 Å². The van der Waals surface area contributed by atoms with Crippen molar-refractivity contribution in [1.82, 2.24) is 14.6 Å². The molecule has 0 saturated carbocycles. The second-order valence-corrected chi connectivity index (χ2v) is 10.1. The van der Waals surface area contributed by atoms with E-state index in [-0.39, 0.29) is 30.5 Å². The molecule has 5 rings (SSSR count). The molecule has 1 unspecified atom stereocenters. The van der Waals surface area contributed by atoms with Crippen molar-refractivity contribution in [3.63, 3.8) is 0 Å². The van der Waals surface area contributed by atoms with Gasteiger partial charge in [-0.05, 0) is 34.3 Å². The van der Waals surface area contributed by atoms with Crippen LogP contribution in [0.4, 0.5) is 0 Å². The molecule has 33 heavy (non-hydrogen) atoms. The van der Waals surface area contributed by atoms with Crippen LogP contribution >= 0.6 is 34.0 Å². The van der Waals surface area contributed by atoms with Crippen LogP contribution in [0.1, 0.15) is 28.6 Å². The van der Waals surface area contributed by atoms with Crippen molar-refractivity contribution in [3.8, 4) is 0 Å². The molecule has 1 aliphatic heterocycles. The van der Waals surface area contributed by atoms with Crippen LogP contribution in [0.2, 0.25) is 0 Å². The molecule has 4 aromatic rings. The van der Waals surface area contributed by atoms with Gasteiger partial charge in [0.25, 0.3) is 11.5 Å². The van der Waals surface area contributed by atoms with E-state index in [2.05, 4.69) is 10.1 Å². The van der Waals surface area contributed by atoms with Gasteiger partial charge in [0.1, 0.15) is 4.83 Å². The van der Waals surface area contributed by atoms with Crippen molar-refractivity contribution < 1.29 is 14.3 Å². The molecule has 1 atom stereocenters. The van der Waals surface area contributed by atoms with E-state index in [1.807, 2.05) is 35.0 Å². The largest absolute Gasteiger partial charge is 0.455 e. The molecular formula is C22H18N4O4S3. The van der Waals surface area contributed by atoms with Gasteiger partial charge in [-0.2, -0.15) is 5.10 Å². The summed E-state index contributed by atoms with van der Waals surface area (Å²) in [5.41, 5.74) is 0.648. The lowest BCUT2D eigenvalue weighted by atomic mass is 10.1. The number of thiophene rings is 3. The maximum Gasteiger partial charge on any atom is 0.308 e. The van der Waals surface area contributed by atoms with E-state index in [1.165, 1.54) is 27.2 Å². The molecular weight excluding hydrogens is 480 g/mol. The summed E-state index contributed by atoms with van der Waals surface area (Å²) in [4.78, 5) is 44.5. The predicted molar refractivity (Wildman–Crippen MR) is 129 cm³/mol. The van der Waals surface area contributed by atoms with Crippen LogP contribution in [0.3, 0.4) is 0 Å². The SMILES string of the molecule is O=C(CCn1cnc2sccc2c1=O)OCC(=O)N1N=C(c2cccs2)CC1c1cccs1. The number of amides is 1. The zero-order valence-electron chi connectivity index (χ0n) is 17.2. The van der Waals surface area contributed by atoms with Crippen molar-refractivity contribution in [2.75, 3.05) is 6.61 Å². The number of carbonyl (C=O) groups is 2. The number of ether oxygens (including phenoxy) is 1. The summed E-state index contributed by atoms with van der Waals surface area (Å²) in [7, 11) is 0. The Balaban J connectivity index is 1.22. The summed E-state index contributed by atoms with van der Waals surface area (Å²) in [5, 5.41) is 12.2. The van der Waals surface area contributed by atoms with Crippen LogP contribution in [0, 0.1) is 0 Å². The smallest absolute Gasteiger partial charge is 0.308 e. The van der Waals surface area contributed by atoms with Gasteiger partial charge in [0.2, 0.25) is 0 Å². The van der Waals surface area contributed by atoms with Gasteiger partial charge in [-0.1, -0.05) is 12.1 Å². The number of hydrazone groups is 1. The summed E-state index contributed by atoms with van der Waals surface area (Å²) in [6, 6.07) is 9.35. The van der Waals surface area contributed by atoms with Crippen molar-refractivity contribution in [2.45, 2.75) is 25.4 Å². The number of nitrogens with zero attached hydrogens (tertiary/aromatic N) is 4. The Morgan fingerprint density at radius 3 is 2.73 bits per heavy atom. The zero-order valence-corrected chi connectivity index (χ0v) is 19.7. The topological polar surface area (TPSA) is 93.9 Å². The first kappa shape index (κ1) is 21.7. The highest BCUT2D eigenvalue weighted by molar-refractivity contribution is 7.16. The number of rotatable bonds is 7. The second kappa shape index (κ2) is 9.38. The third-order valence-electron chi connectivity index (χ3n) is 5.21. The van der Waals surface area contributed by atoms with E-state index >= 15 is 0 Å². The van der Waals surface area contributed by atoms with Gasteiger partial charge < -0.3 is 4.74 Å². The van der Waals surface area contributed by atoms with E-state index in [4.69, 9.17) is 4.74 Å². The Morgan fingerprint density at radius 1 is 1.09 bits per heavy atom. The molecule has 8 nitrogen and oxygen atoms in total. The van der Waals surface area contributed by atoms with Gasteiger partial charge in [0.05, 0.1) is 34.8 Å².